The number of aromatic nitrogens is 1. The van der Waals surface area contributed by atoms with E-state index >= 15 is 0 Å². The van der Waals surface area contributed by atoms with Gasteiger partial charge in [0, 0.05) is 16.7 Å². The standard InChI is InChI=1S/C22H26F5NOS/c1-4-6-7-8-9-18-15(3)20(28-14-19(18)30-5-2)16-10-12-17(13-11-16)29-22(26,27)21(23,24)25/h10-14H,4-9H2,1-3H3. The predicted molar refractivity (Wildman–Crippen MR) is 110 cm³/mol. The van der Waals surface area contributed by atoms with Gasteiger partial charge < -0.3 is 4.74 Å². The van der Waals surface area contributed by atoms with Gasteiger partial charge in [-0.2, -0.15) is 22.0 Å². The summed E-state index contributed by atoms with van der Waals surface area (Å²) in [6, 6.07) is 5.10. The maximum absolute atomic E-state index is 13.1. The van der Waals surface area contributed by atoms with Crippen LogP contribution in [0.3, 0.4) is 0 Å². The average molecular weight is 448 g/mol. The van der Waals surface area contributed by atoms with Crippen LogP contribution in [0.2, 0.25) is 0 Å². The maximum Gasteiger partial charge on any atom is 0.499 e. The van der Waals surface area contributed by atoms with E-state index in [0.717, 1.165) is 54.0 Å². The number of nitrogens with zero attached hydrogens (tertiary/aromatic N) is 1. The Labute approximate surface area is 178 Å². The van der Waals surface area contributed by atoms with E-state index in [-0.39, 0.29) is 0 Å². The first kappa shape index (κ1) is 24.4. The van der Waals surface area contributed by atoms with Gasteiger partial charge in [0.2, 0.25) is 0 Å². The molecule has 0 fully saturated rings. The van der Waals surface area contributed by atoms with E-state index in [4.69, 9.17) is 0 Å². The number of unbranched alkanes of at least 4 members (excludes halogenated alkanes) is 3. The molecule has 2 nitrogen and oxygen atoms in total. The Morgan fingerprint density at radius 3 is 2.20 bits per heavy atom. The predicted octanol–water partition coefficient (Wildman–Crippen LogP) is 7.83. The van der Waals surface area contributed by atoms with Gasteiger partial charge in [-0.3, -0.25) is 4.98 Å². The summed E-state index contributed by atoms with van der Waals surface area (Å²) in [5.41, 5.74) is 3.54. The van der Waals surface area contributed by atoms with E-state index in [9.17, 15) is 22.0 Å². The first-order valence-corrected chi connectivity index (χ1v) is 10.9. The third-order valence-electron chi connectivity index (χ3n) is 4.70. The highest BCUT2D eigenvalue weighted by molar-refractivity contribution is 7.99. The van der Waals surface area contributed by atoms with Crippen molar-refractivity contribution in [1.82, 2.24) is 4.98 Å². The van der Waals surface area contributed by atoms with E-state index in [1.54, 1.807) is 11.8 Å². The smallest absolute Gasteiger partial charge is 0.426 e. The molecule has 1 aromatic heterocycles. The van der Waals surface area contributed by atoms with Gasteiger partial charge in [0.15, 0.2) is 0 Å². The van der Waals surface area contributed by atoms with Crippen molar-refractivity contribution in [1.29, 1.82) is 0 Å². The van der Waals surface area contributed by atoms with Gasteiger partial charge in [-0.15, -0.1) is 11.8 Å². The normalized spacial score (nSPS) is 12.3. The fourth-order valence-electron chi connectivity index (χ4n) is 3.12. The van der Waals surface area contributed by atoms with Crippen molar-refractivity contribution in [3.05, 3.63) is 41.6 Å². The summed E-state index contributed by atoms with van der Waals surface area (Å²) in [6.07, 6.45) is -3.75. The molecule has 1 heterocycles. The van der Waals surface area contributed by atoms with Crippen molar-refractivity contribution < 1.29 is 26.7 Å². The molecule has 0 amide bonds. The average Bonchev–Trinajstić information content (AvgIpc) is 2.67. The molecule has 8 heteroatoms. The van der Waals surface area contributed by atoms with Crippen LogP contribution >= 0.6 is 11.8 Å². The zero-order valence-corrected chi connectivity index (χ0v) is 18.1. The minimum atomic E-state index is -5.77. The number of hydrogen-bond donors (Lipinski definition) is 0. The molecule has 0 N–H and O–H groups in total. The third-order valence-corrected chi connectivity index (χ3v) is 5.65. The molecule has 0 atom stereocenters. The van der Waals surface area contributed by atoms with Crippen LogP contribution < -0.4 is 4.74 Å². The fourth-order valence-corrected chi connectivity index (χ4v) is 3.99. The number of hydrogen-bond acceptors (Lipinski definition) is 3. The van der Waals surface area contributed by atoms with Crippen LogP contribution in [0.4, 0.5) is 22.0 Å². The largest absolute Gasteiger partial charge is 0.499 e. The van der Waals surface area contributed by atoms with E-state index < -0.39 is 18.0 Å². The van der Waals surface area contributed by atoms with E-state index in [2.05, 4.69) is 23.6 Å². The summed E-state index contributed by atoms with van der Waals surface area (Å²) in [4.78, 5) is 5.65. The summed E-state index contributed by atoms with van der Waals surface area (Å²) in [7, 11) is 0. The molecular formula is C22H26F5NOS. The van der Waals surface area contributed by atoms with Crippen molar-refractivity contribution in [3.63, 3.8) is 0 Å². The highest BCUT2D eigenvalue weighted by Gasteiger charge is 2.61. The Hall–Kier alpha value is -1.83. The second kappa shape index (κ2) is 10.5. The molecule has 2 aromatic rings. The highest BCUT2D eigenvalue weighted by Crippen LogP contribution is 2.38. The molecule has 0 radical (unpaired) electrons. The Balaban J connectivity index is 2.28. The van der Waals surface area contributed by atoms with Crippen molar-refractivity contribution in [3.8, 4) is 17.0 Å². The second-order valence-electron chi connectivity index (χ2n) is 6.96. The van der Waals surface area contributed by atoms with Crippen LogP contribution in [0.5, 0.6) is 5.75 Å². The van der Waals surface area contributed by atoms with Crippen LogP contribution in [0.15, 0.2) is 35.4 Å². The molecule has 0 bridgehead atoms. The Kier molecular flexibility index (Phi) is 8.52. The van der Waals surface area contributed by atoms with Crippen LogP contribution in [0, 0.1) is 6.92 Å². The summed E-state index contributed by atoms with van der Waals surface area (Å²) >= 11 is 1.72. The molecule has 0 aliphatic rings. The van der Waals surface area contributed by atoms with Gasteiger partial charge in [-0.1, -0.05) is 33.1 Å². The Bertz CT molecular complexity index is 822. The zero-order valence-electron chi connectivity index (χ0n) is 17.3. The molecule has 30 heavy (non-hydrogen) atoms. The lowest BCUT2D eigenvalue weighted by molar-refractivity contribution is -0.360. The Morgan fingerprint density at radius 1 is 0.967 bits per heavy atom. The van der Waals surface area contributed by atoms with Crippen molar-refractivity contribution in [2.24, 2.45) is 0 Å². The number of pyridine rings is 1. The topological polar surface area (TPSA) is 22.1 Å². The monoisotopic (exact) mass is 447 g/mol. The van der Waals surface area contributed by atoms with Crippen molar-refractivity contribution in [2.75, 3.05) is 5.75 Å². The van der Waals surface area contributed by atoms with Gasteiger partial charge >= 0.3 is 12.3 Å². The van der Waals surface area contributed by atoms with Crippen molar-refractivity contribution >= 4 is 11.8 Å². The SMILES string of the molecule is CCCCCCc1c(SCC)cnc(-c2ccc(OC(F)(F)C(F)(F)F)cc2)c1C. The van der Waals surface area contributed by atoms with Crippen LogP contribution in [-0.2, 0) is 6.42 Å². The van der Waals surface area contributed by atoms with Crippen LogP contribution in [0.1, 0.15) is 50.7 Å². The van der Waals surface area contributed by atoms with Crippen LogP contribution in [-0.4, -0.2) is 23.0 Å². The molecule has 0 unspecified atom stereocenters. The minimum Gasteiger partial charge on any atom is -0.426 e. The molecule has 0 saturated heterocycles. The first-order chi connectivity index (χ1) is 14.1. The van der Waals surface area contributed by atoms with Gasteiger partial charge in [0.05, 0.1) is 5.69 Å². The third kappa shape index (κ3) is 6.09. The van der Waals surface area contributed by atoms with Crippen molar-refractivity contribution in [2.45, 2.75) is 70.1 Å². The van der Waals surface area contributed by atoms with Gasteiger partial charge in [0.25, 0.3) is 0 Å². The van der Waals surface area contributed by atoms with E-state index in [0.29, 0.717) is 11.3 Å². The molecule has 1 aromatic carbocycles. The summed E-state index contributed by atoms with van der Waals surface area (Å²) in [5.74, 6) is 0.360. The number of benzene rings is 1. The first-order valence-electron chi connectivity index (χ1n) is 9.96. The number of ether oxygens (including phenoxy) is 1. The zero-order chi connectivity index (χ0) is 22.4. The van der Waals surface area contributed by atoms with Gasteiger partial charge in [0.1, 0.15) is 5.75 Å². The summed E-state index contributed by atoms with van der Waals surface area (Å²) in [6.45, 7) is 6.20. The van der Waals surface area contributed by atoms with E-state index in [1.807, 2.05) is 13.1 Å². The molecule has 0 aliphatic carbocycles. The lowest BCUT2D eigenvalue weighted by Crippen LogP contribution is -2.41. The number of rotatable bonds is 10. The summed E-state index contributed by atoms with van der Waals surface area (Å²) in [5, 5.41) is 0. The number of alkyl halides is 5. The lowest BCUT2D eigenvalue weighted by Gasteiger charge is -2.20. The van der Waals surface area contributed by atoms with Crippen LogP contribution in [0.25, 0.3) is 11.3 Å². The highest BCUT2D eigenvalue weighted by atomic mass is 32.2. The lowest BCUT2D eigenvalue weighted by atomic mass is 9.98. The molecule has 0 saturated carbocycles. The molecule has 0 aliphatic heterocycles. The molecule has 0 spiro atoms. The molecular weight excluding hydrogens is 421 g/mol. The number of thioether (sulfide) groups is 1. The molecule has 2 rings (SSSR count). The van der Waals surface area contributed by atoms with Gasteiger partial charge in [-0.25, -0.2) is 0 Å². The molecule has 166 valence electrons. The minimum absolute atomic E-state index is 0.559. The summed E-state index contributed by atoms with van der Waals surface area (Å²) < 4.78 is 67.0. The quantitative estimate of drug-likeness (QED) is 0.211. The van der Waals surface area contributed by atoms with E-state index in [1.165, 1.54) is 24.1 Å². The Morgan fingerprint density at radius 2 is 1.63 bits per heavy atom. The fraction of sp³-hybridized carbons (Fsp3) is 0.500. The van der Waals surface area contributed by atoms with Gasteiger partial charge in [-0.05, 0) is 60.9 Å². The second-order valence-corrected chi connectivity index (χ2v) is 8.27. The number of halogens is 5. The maximum atomic E-state index is 13.1.